The predicted molar refractivity (Wildman–Crippen MR) is 90.1 cm³/mol. The molecule has 4 heteroatoms. The van der Waals surface area contributed by atoms with Crippen LogP contribution in [0.15, 0.2) is 29.6 Å². The second-order valence-corrected chi connectivity index (χ2v) is 6.84. The van der Waals surface area contributed by atoms with Gasteiger partial charge in [-0.3, -0.25) is 4.90 Å². The van der Waals surface area contributed by atoms with Gasteiger partial charge in [0.25, 0.3) is 0 Å². The predicted octanol–water partition coefficient (Wildman–Crippen LogP) is 3.27. The summed E-state index contributed by atoms with van der Waals surface area (Å²) in [6.07, 6.45) is 0.212. The van der Waals surface area contributed by atoms with Crippen LogP contribution in [0.1, 0.15) is 25.5 Å². The Bertz CT molecular complexity index is 593. The van der Waals surface area contributed by atoms with E-state index in [1.807, 2.05) is 18.4 Å². The molecule has 2 unspecified atom stereocenters. The third-order valence-electron chi connectivity index (χ3n) is 4.29. The average Bonchev–Trinajstić information content (AvgIpc) is 2.91. The van der Waals surface area contributed by atoms with Gasteiger partial charge < -0.3 is 10.1 Å². The molecule has 2 aromatic rings. The number of hydrogen-bond donors (Lipinski definition) is 1. The third kappa shape index (κ3) is 2.86. The zero-order valence-corrected chi connectivity index (χ0v) is 13.8. The molecule has 3 nitrogen and oxygen atoms in total. The van der Waals surface area contributed by atoms with Crippen molar-refractivity contribution in [3.05, 3.63) is 35.2 Å². The van der Waals surface area contributed by atoms with Crippen molar-refractivity contribution < 1.29 is 4.74 Å². The molecule has 1 saturated heterocycles. The quantitative estimate of drug-likeness (QED) is 0.938. The van der Waals surface area contributed by atoms with E-state index in [0.29, 0.717) is 12.1 Å². The first-order valence-electron chi connectivity index (χ1n) is 7.70. The van der Waals surface area contributed by atoms with E-state index in [1.54, 1.807) is 0 Å². The van der Waals surface area contributed by atoms with Gasteiger partial charge in [0.05, 0.1) is 18.8 Å². The lowest BCUT2D eigenvalue weighted by Gasteiger charge is -2.43. The van der Waals surface area contributed by atoms with Crippen molar-refractivity contribution in [1.29, 1.82) is 0 Å². The fraction of sp³-hybridized carbons (Fsp3) is 0.529. The molecule has 0 bridgehead atoms. The molecule has 1 fully saturated rings. The number of likely N-dealkylation sites (N-methyl/N-ethyl adjacent to an activating group) is 1. The number of nitrogens with zero attached hydrogens (tertiary/aromatic N) is 1. The second-order valence-electron chi connectivity index (χ2n) is 5.93. The third-order valence-corrected chi connectivity index (χ3v) is 5.27. The van der Waals surface area contributed by atoms with Crippen LogP contribution >= 0.6 is 11.3 Å². The summed E-state index contributed by atoms with van der Waals surface area (Å²) in [6, 6.07) is 9.56. The normalized spacial score (nSPS) is 24.0. The molecule has 2 heterocycles. The van der Waals surface area contributed by atoms with Gasteiger partial charge in [0.15, 0.2) is 0 Å². The number of nitrogens with one attached hydrogen (secondary N) is 1. The Balaban J connectivity index is 2.04. The van der Waals surface area contributed by atoms with Gasteiger partial charge in [-0.2, -0.15) is 0 Å². The lowest BCUT2D eigenvalue weighted by molar-refractivity contribution is -0.0809. The first kappa shape index (κ1) is 15.0. The zero-order chi connectivity index (χ0) is 14.8. The van der Waals surface area contributed by atoms with Crippen molar-refractivity contribution in [3.63, 3.8) is 0 Å². The maximum Gasteiger partial charge on any atom is 0.0896 e. The number of thiophene rings is 1. The Morgan fingerprint density at radius 2 is 2.19 bits per heavy atom. The van der Waals surface area contributed by atoms with Crippen LogP contribution in [0.25, 0.3) is 10.1 Å². The molecule has 0 radical (unpaired) electrons. The summed E-state index contributed by atoms with van der Waals surface area (Å²) in [7, 11) is 2.00. The summed E-state index contributed by atoms with van der Waals surface area (Å²) in [5.41, 5.74) is 1.42. The first-order chi connectivity index (χ1) is 10.2. The lowest BCUT2D eigenvalue weighted by atomic mass is 9.96. The Kier molecular flexibility index (Phi) is 4.60. The summed E-state index contributed by atoms with van der Waals surface area (Å²) < 4.78 is 7.45. The van der Waals surface area contributed by atoms with Gasteiger partial charge in [0, 0.05) is 23.8 Å². The number of hydrogen-bond acceptors (Lipinski definition) is 4. The van der Waals surface area contributed by atoms with Gasteiger partial charge >= 0.3 is 0 Å². The molecule has 114 valence electrons. The van der Waals surface area contributed by atoms with Crippen LogP contribution in [-0.2, 0) is 4.74 Å². The molecule has 1 aromatic carbocycles. The molecule has 0 spiro atoms. The van der Waals surface area contributed by atoms with E-state index in [0.717, 1.165) is 19.7 Å². The Morgan fingerprint density at radius 3 is 2.95 bits per heavy atom. The average molecular weight is 304 g/mol. The molecule has 3 rings (SSSR count). The number of ether oxygens (including phenoxy) is 1. The standard InChI is InChI=1S/C17H24N2OS/c1-12(2)19-8-9-20-15(10-18-3)17(19)14-11-21-16-7-5-4-6-13(14)16/h4-7,11-12,15,17-18H,8-10H2,1-3H3. The molecule has 1 N–H and O–H groups in total. The molecular formula is C17H24N2OS. The van der Waals surface area contributed by atoms with E-state index in [-0.39, 0.29) is 6.10 Å². The smallest absolute Gasteiger partial charge is 0.0896 e. The van der Waals surface area contributed by atoms with Gasteiger partial charge in [-0.15, -0.1) is 11.3 Å². The monoisotopic (exact) mass is 304 g/mol. The minimum atomic E-state index is 0.212. The maximum atomic E-state index is 6.08. The molecule has 0 saturated carbocycles. The number of benzene rings is 1. The maximum absolute atomic E-state index is 6.08. The minimum Gasteiger partial charge on any atom is -0.374 e. The molecule has 1 aliphatic heterocycles. The summed E-state index contributed by atoms with van der Waals surface area (Å²) >= 11 is 1.84. The fourth-order valence-corrected chi connectivity index (χ4v) is 4.30. The van der Waals surface area contributed by atoms with Gasteiger partial charge in [0.1, 0.15) is 0 Å². The van der Waals surface area contributed by atoms with Crippen LogP contribution in [0.2, 0.25) is 0 Å². The fourth-order valence-electron chi connectivity index (χ4n) is 3.31. The van der Waals surface area contributed by atoms with Crippen molar-refractivity contribution in [3.8, 4) is 0 Å². The van der Waals surface area contributed by atoms with Crippen LogP contribution < -0.4 is 5.32 Å². The van der Waals surface area contributed by atoms with Crippen molar-refractivity contribution in [2.24, 2.45) is 0 Å². The highest BCUT2D eigenvalue weighted by Crippen LogP contribution is 2.38. The highest BCUT2D eigenvalue weighted by Gasteiger charge is 2.35. The van der Waals surface area contributed by atoms with Gasteiger partial charge in [-0.1, -0.05) is 18.2 Å². The van der Waals surface area contributed by atoms with Crippen molar-refractivity contribution in [2.45, 2.75) is 32.0 Å². The molecule has 0 amide bonds. The van der Waals surface area contributed by atoms with E-state index < -0.39 is 0 Å². The van der Waals surface area contributed by atoms with E-state index in [9.17, 15) is 0 Å². The van der Waals surface area contributed by atoms with Crippen LogP contribution in [0, 0.1) is 0 Å². The van der Waals surface area contributed by atoms with Crippen molar-refractivity contribution in [1.82, 2.24) is 10.2 Å². The number of fused-ring (bicyclic) bond motifs is 1. The molecule has 2 atom stereocenters. The highest BCUT2D eigenvalue weighted by molar-refractivity contribution is 7.17. The summed E-state index contributed by atoms with van der Waals surface area (Å²) in [6.45, 7) is 7.28. The van der Waals surface area contributed by atoms with Crippen molar-refractivity contribution >= 4 is 21.4 Å². The van der Waals surface area contributed by atoms with Crippen molar-refractivity contribution in [2.75, 3.05) is 26.7 Å². The van der Waals surface area contributed by atoms with Gasteiger partial charge in [-0.05, 0) is 43.3 Å². The van der Waals surface area contributed by atoms with E-state index in [1.165, 1.54) is 15.6 Å². The Hall–Kier alpha value is -0.940. The van der Waals surface area contributed by atoms with E-state index in [2.05, 4.69) is 53.7 Å². The van der Waals surface area contributed by atoms with E-state index >= 15 is 0 Å². The Morgan fingerprint density at radius 1 is 1.38 bits per heavy atom. The Labute approximate surface area is 130 Å². The zero-order valence-electron chi connectivity index (χ0n) is 13.0. The van der Waals surface area contributed by atoms with Crippen LogP contribution in [-0.4, -0.2) is 43.8 Å². The summed E-state index contributed by atoms with van der Waals surface area (Å²) in [5.74, 6) is 0. The lowest BCUT2D eigenvalue weighted by Crippen LogP contribution is -2.51. The number of morpholine rings is 1. The topological polar surface area (TPSA) is 24.5 Å². The molecule has 1 aromatic heterocycles. The van der Waals surface area contributed by atoms with Crippen LogP contribution in [0.5, 0.6) is 0 Å². The van der Waals surface area contributed by atoms with E-state index in [4.69, 9.17) is 4.74 Å². The molecule has 0 aliphatic carbocycles. The highest BCUT2D eigenvalue weighted by atomic mass is 32.1. The van der Waals surface area contributed by atoms with Gasteiger partial charge in [0.2, 0.25) is 0 Å². The van der Waals surface area contributed by atoms with Crippen LogP contribution in [0.4, 0.5) is 0 Å². The molecular weight excluding hydrogens is 280 g/mol. The van der Waals surface area contributed by atoms with Gasteiger partial charge in [-0.25, -0.2) is 0 Å². The SMILES string of the molecule is CNCC1OCCN(C(C)C)C1c1csc2ccccc12. The number of rotatable bonds is 4. The molecule has 1 aliphatic rings. The second kappa shape index (κ2) is 6.44. The summed E-state index contributed by atoms with van der Waals surface area (Å²) in [4.78, 5) is 2.58. The molecule has 21 heavy (non-hydrogen) atoms. The first-order valence-corrected chi connectivity index (χ1v) is 8.58. The van der Waals surface area contributed by atoms with Crippen LogP contribution in [0.3, 0.4) is 0 Å². The summed E-state index contributed by atoms with van der Waals surface area (Å²) in [5, 5.41) is 6.99. The largest absolute Gasteiger partial charge is 0.374 e. The minimum absolute atomic E-state index is 0.212.